The fourth-order valence-corrected chi connectivity index (χ4v) is 21.7. The van der Waals surface area contributed by atoms with Gasteiger partial charge in [0.05, 0.1) is 42.5 Å². The number of amides is 12. The molecule has 142 heavy (non-hydrogen) atoms. The molecule has 3 aromatic carbocycles. The maximum atomic E-state index is 14.6. The number of nitrogens with zero attached hydrogens (tertiary/aromatic N) is 3. The lowest BCUT2D eigenvalue weighted by Crippen LogP contribution is -2.60. The topological polar surface area (TPSA) is 523 Å². The third-order valence-electron chi connectivity index (χ3n) is 26.1. The number of β-amino-alcohol motifs (C(OH)–C–C–N with tert-alkyl or cyclic N) is 3. The number of nitrogens with one attached hydrogen (secondary N) is 9. The SMILES string of the molecule is C.C.C.C=C[C@@H]1C[C@]1(NC(=O)[C@@H]1C[C@@](O)(c2cc(C)ccc2C)CN1C(=O)[C@@H](NC(=O)OC(C)(C)C)C(C)(C)C)C(=O)NS(=O)(=O)C1CC1.C=C[C@@H]1C[C@]1(NC(=O)[C@@H]1C[C@@](O)(c2cc(F)ccc2OC)CN1C(=O)[C@@H](NC(=O)OC(C)(C)C)C(C)(C)C)C(=O)NS(=O)(=O)C1CC1.C=C[C@@H]1C[C@]1(NC(=O)[C@@H]1C[C@@](O)(c2ccc(C)c(F)c2)CN1C(=O)[C@@H](NC(=O)OC(C)(C)C)C(C)(C)C)C(=O)NS(=O)(=O)C1CC1. The summed E-state index contributed by atoms with van der Waals surface area (Å²) in [6.45, 7) is 45.7. The first-order chi connectivity index (χ1) is 63.6. The van der Waals surface area contributed by atoms with E-state index in [-0.39, 0.29) is 77.8 Å². The van der Waals surface area contributed by atoms with Gasteiger partial charge < -0.3 is 80.9 Å². The van der Waals surface area contributed by atoms with Gasteiger partial charge in [0.15, 0.2) is 0 Å². The predicted octanol–water partition coefficient (Wildman–Crippen LogP) is 9.37. The van der Waals surface area contributed by atoms with E-state index in [1.54, 1.807) is 132 Å². The summed E-state index contributed by atoms with van der Waals surface area (Å²) < 4.78 is 132. The van der Waals surface area contributed by atoms with Gasteiger partial charge in [-0.1, -0.05) is 139 Å². The number of ether oxygens (including phenoxy) is 4. The van der Waals surface area contributed by atoms with E-state index in [0.717, 1.165) is 39.1 Å². The third kappa shape index (κ3) is 27.3. The molecule has 6 saturated carbocycles. The number of methoxy groups -OCH3 is 1. The largest absolute Gasteiger partial charge is 0.496 e. The average molecular weight is 2050 g/mol. The van der Waals surface area contributed by atoms with Crippen LogP contribution in [0.15, 0.2) is 92.6 Å². The Morgan fingerprint density at radius 3 is 0.986 bits per heavy atom. The van der Waals surface area contributed by atoms with E-state index >= 15 is 0 Å². The Morgan fingerprint density at radius 1 is 0.415 bits per heavy atom. The third-order valence-corrected chi connectivity index (χ3v) is 31.6. The number of benzene rings is 3. The van der Waals surface area contributed by atoms with Crippen molar-refractivity contribution in [3.05, 3.63) is 138 Å². The van der Waals surface area contributed by atoms with E-state index in [9.17, 15) is 107 Å². The molecule has 9 aliphatic rings. The summed E-state index contributed by atoms with van der Waals surface area (Å²) in [4.78, 5) is 167. The summed E-state index contributed by atoms with van der Waals surface area (Å²) >= 11 is 0. The van der Waals surface area contributed by atoms with E-state index in [1.165, 1.54) is 48.4 Å². The van der Waals surface area contributed by atoms with Crippen molar-refractivity contribution >= 4 is 102 Å². The fraction of sp³-hybridized carbons (Fsp3) is 0.640. The van der Waals surface area contributed by atoms with Crippen LogP contribution in [-0.2, 0) is 104 Å². The van der Waals surface area contributed by atoms with Gasteiger partial charge in [0.2, 0.25) is 65.5 Å². The van der Waals surface area contributed by atoms with Crippen LogP contribution in [0.2, 0.25) is 0 Å². The molecular weight excluding hydrogens is 1900 g/mol. The molecule has 15 atom stereocenters. The minimum absolute atomic E-state index is 0. The molecular formula is C100H150F2N12O25S3. The van der Waals surface area contributed by atoms with Crippen LogP contribution in [0.5, 0.6) is 5.75 Å². The summed E-state index contributed by atoms with van der Waals surface area (Å²) in [5, 5.41) is 49.8. The van der Waals surface area contributed by atoms with E-state index in [1.807, 2.05) is 32.0 Å². The standard InChI is InChI=1S/C33H48N4O8S.C32H45FN4O9S.C32H45FN4O8S.3CH4/c1-10-21-16-33(21,28(40)36-46(43,44)22-13-14-22)35-26(38)24-17-32(42,23-15-19(2)11-12-20(23)3)18-37(24)27(39)25(30(4,5)6)34-29(41)45-31(7,8)9;1-9-18-15-32(18,27(40)36-47(43,44)20-11-12-20)35-25(38)22-16-31(42,21-14-19(33)10-13-23(21)45-8)17-37(22)26(39)24(29(2,3)4)34-28(41)46-30(5,6)7;1-9-19-15-32(19,27(40)36-46(43,44)21-12-13-21)35-25(38)23-16-31(42,20-11-10-18(2)22(33)14-20)17-37(23)26(39)24(29(3,4)5)34-28(41)45-30(6,7)8;;;/h10-12,15,21-22,24-25,42H,1,13-14,16-18H2,2-9H3,(H,34,41)(H,35,38)(H,36,40);9-10,13-14,18,20,22,24,42H,1,11-12,15-17H2,2-8H3,(H,34,41)(H,35,38)(H,36,40);9-11,14,19,21,23-24,42H,1,12-13,15-17H2,2-8H3,(H,34,41)(H,35,38)(H,36,40);3*1H4/t21-,24+,25-,32+,33-;18-,22+,24-,31+,32-;19-,23+,24-,31+,32-;;;/m111.../s1. The number of carbonyl (C=O) groups excluding carboxylic acids is 12. The zero-order valence-corrected chi connectivity index (χ0v) is 85.7. The van der Waals surface area contributed by atoms with Crippen molar-refractivity contribution < 1.29 is 126 Å². The van der Waals surface area contributed by atoms with Crippen LogP contribution in [0.3, 0.4) is 0 Å². The number of hydrogen-bond acceptors (Lipinski definition) is 25. The number of aliphatic hydroxyl groups is 3. The normalized spacial score (nSPS) is 26.2. The Hall–Kier alpha value is -10.7. The van der Waals surface area contributed by atoms with Crippen molar-refractivity contribution in [2.45, 2.75) is 347 Å². The monoisotopic (exact) mass is 2050 g/mol. The predicted molar refractivity (Wildman–Crippen MR) is 528 cm³/mol. The van der Waals surface area contributed by atoms with Gasteiger partial charge in [0, 0.05) is 42.6 Å². The number of aryl methyl sites for hydroxylation is 3. The van der Waals surface area contributed by atoms with Crippen LogP contribution in [-0.4, -0.2) is 239 Å². The van der Waals surface area contributed by atoms with Crippen molar-refractivity contribution in [1.82, 2.24) is 60.8 Å². The molecule has 0 bridgehead atoms. The highest BCUT2D eigenvalue weighted by Crippen LogP contribution is 2.51. The van der Waals surface area contributed by atoms with Gasteiger partial charge in [-0.3, -0.25) is 57.3 Å². The van der Waals surface area contributed by atoms with Crippen LogP contribution in [0.25, 0.3) is 0 Å². The summed E-state index contributed by atoms with van der Waals surface area (Å²) in [5.74, 6) is -10.1. The zero-order chi connectivity index (χ0) is 105. The number of halogens is 2. The Bertz CT molecular complexity index is 5750. The fourth-order valence-electron chi connectivity index (χ4n) is 17.6. The van der Waals surface area contributed by atoms with Gasteiger partial charge in [-0.05, 0) is 204 Å². The molecule has 37 nitrogen and oxygen atoms in total. The second-order valence-electron chi connectivity index (χ2n) is 44.7. The Labute approximate surface area is 834 Å². The van der Waals surface area contributed by atoms with Gasteiger partial charge in [-0.2, -0.15) is 0 Å². The second-order valence-corrected chi connectivity index (χ2v) is 50.5. The molecule has 0 radical (unpaired) electrons. The minimum Gasteiger partial charge on any atom is -0.496 e. The van der Waals surface area contributed by atoms with E-state index in [2.05, 4.69) is 65.8 Å². The van der Waals surface area contributed by atoms with Gasteiger partial charge in [0.1, 0.15) is 104 Å². The molecule has 6 aliphatic carbocycles. The Kier molecular flexibility index (Phi) is 35.1. The highest BCUT2D eigenvalue weighted by Gasteiger charge is 2.67. The number of likely N-dealkylation sites (tertiary alicyclic amines) is 3. The van der Waals surface area contributed by atoms with Crippen molar-refractivity contribution in [1.29, 1.82) is 0 Å². The Morgan fingerprint density at radius 2 is 0.711 bits per heavy atom. The van der Waals surface area contributed by atoms with Gasteiger partial charge in [0.25, 0.3) is 17.7 Å². The highest BCUT2D eigenvalue weighted by molar-refractivity contribution is 7.91. The van der Waals surface area contributed by atoms with E-state index < -0.39 is 269 Å². The number of rotatable bonds is 28. The van der Waals surface area contributed by atoms with Gasteiger partial charge in [-0.25, -0.2) is 48.4 Å². The molecule has 0 spiro atoms. The minimum atomic E-state index is -3.95. The molecule has 0 aromatic heterocycles. The lowest BCUT2D eigenvalue weighted by molar-refractivity contribution is -0.143. The van der Waals surface area contributed by atoms with Gasteiger partial charge in [-0.15, -0.1) is 19.7 Å². The van der Waals surface area contributed by atoms with E-state index in [0.29, 0.717) is 49.7 Å². The number of carbonyl (C=O) groups is 12. The number of hydrogen-bond donors (Lipinski definition) is 12. The molecule has 3 aromatic rings. The van der Waals surface area contributed by atoms with Gasteiger partial charge >= 0.3 is 18.3 Å². The van der Waals surface area contributed by atoms with Crippen LogP contribution in [0.4, 0.5) is 23.2 Å². The first kappa shape index (κ1) is 118. The zero-order valence-electron chi connectivity index (χ0n) is 83.2. The van der Waals surface area contributed by atoms with Crippen molar-refractivity contribution in [2.75, 3.05) is 26.7 Å². The van der Waals surface area contributed by atoms with E-state index in [4.69, 9.17) is 18.9 Å². The second kappa shape index (κ2) is 42.2. The average Bonchev–Trinajstić information content (AvgIpc) is 1.57. The summed E-state index contributed by atoms with van der Waals surface area (Å²) in [6, 6.07) is 5.44. The summed E-state index contributed by atoms with van der Waals surface area (Å²) in [6.07, 6.45) is 3.63. The first-order valence-electron chi connectivity index (χ1n) is 46.4. The first-order valence-corrected chi connectivity index (χ1v) is 51.0. The quantitative estimate of drug-likeness (QED) is 0.0238. The molecule has 12 amide bonds. The lowest BCUT2D eigenvalue weighted by Gasteiger charge is -2.36. The molecule has 12 N–H and O–H groups in total. The molecule has 42 heteroatoms. The smallest absolute Gasteiger partial charge is 0.408 e. The number of sulfonamides is 3. The lowest BCUT2D eigenvalue weighted by atomic mass is 9.85. The Balaban J connectivity index is 0.000000286. The molecule has 12 rings (SSSR count). The molecule has 3 aliphatic heterocycles. The summed E-state index contributed by atoms with van der Waals surface area (Å²) in [7, 11) is -10.5. The maximum Gasteiger partial charge on any atom is 0.408 e. The molecule has 3 saturated heterocycles. The molecule has 0 unspecified atom stereocenters. The molecule has 9 fully saturated rings. The van der Waals surface area contributed by atoms with Crippen molar-refractivity contribution in [3.63, 3.8) is 0 Å². The number of alkyl carbamates (subject to hydrolysis) is 3. The van der Waals surface area contributed by atoms with Crippen LogP contribution in [0, 0.1) is 66.4 Å². The summed E-state index contributed by atoms with van der Waals surface area (Å²) in [5.41, 5.74) is -13.0. The highest BCUT2D eigenvalue weighted by atomic mass is 32.2. The van der Waals surface area contributed by atoms with Crippen LogP contribution >= 0.6 is 0 Å². The van der Waals surface area contributed by atoms with Crippen LogP contribution < -0.4 is 50.8 Å². The van der Waals surface area contributed by atoms with Crippen LogP contribution in [0.1, 0.15) is 257 Å². The maximum absolute atomic E-state index is 14.6. The molecule has 3 heterocycles. The molecule has 792 valence electrons. The van der Waals surface area contributed by atoms with Crippen molar-refractivity contribution in [2.24, 2.45) is 34.0 Å². The van der Waals surface area contributed by atoms with Crippen molar-refractivity contribution in [3.8, 4) is 5.75 Å².